The Morgan fingerprint density at radius 2 is 1.65 bits per heavy atom. The first-order chi connectivity index (χ1) is 11.3. The smallest absolute Gasteiger partial charge is 0.105 e. The third-order valence-electron chi connectivity index (χ3n) is 3.64. The lowest BCUT2D eigenvalue weighted by Crippen LogP contribution is -2.16. The summed E-state index contributed by atoms with van der Waals surface area (Å²) in [5, 5.41) is 10.1. The molecule has 0 saturated heterocycles. The van der Waals surface area contributed by atoms with Gasteiger partial charge in [0.2, 0.25) is 0 Å². The second-order valence-corrected chi connectivity index (χ2v) is 5.57. The van der Waals surface area contributed by atoms with Crippen LogP contribution in [0.1, 0.15) is 24.5 Å². The maximum Gasteiger partial charge on any atom is 0.105 e. The summed E-state index contributed by atoms with van der Waals surface area (Å²) in [6.45, 7) is 2.69. The zero-order valence-electron chi connectivity index (χ0n) is 13.6. The molecule has 120 valence electrons. The number of ether oxygens (including phenoxy) is 1. The highest BCUT2D eigenvalue weighted by molar-refractivity contribution is 5.16. The van der Waals surface area contributed by atoms with Crippen molar-refractivity contribution in [2.75, 3.05) is 6.61 Å². The average Bonchev–Trinajstić information content (AvgIpc) is 2.60. The first-order valence-electron chi connectivity index (χ1n) is 8.01. The Kier molecular flexibility index (Phi) is 7.35. The summed E-state index contributed by atoms with van der Waals surface area (Å²) in [6, 6.07) is 20.3. The number of rotatable bonds is 8. The number of benzene rings is 2. The van der Waals surface area contributed by atoms with E-state index in [0.717, 1.165) is 24.0 Å². The fourth-order valence-corrected chi connectivity index (χ4v) is 2.20. The van der Waals surface area contributed by atoms with E-state index in [1.165, 1.54) is 5.56 Å². The molecule has 0 aliphatic rings. The van der Waals surface area contributed by atoms with Gasteiger partial charge in [-0.05, 0) is 42.5 Å². The van der Waals surface area contributed by atoms with Gasteiger partial charge in [0, 0.05) is 0 Å². The zero-order valence-corrected chi connectivity index (χ0v) is 13.6. The van der Waals surface area contributed by atoms with Gasteiger partial charge in [0.1, 0.15) is 6.10 Å². The molecule has 2 aromatic rings. The SMILES string of the molecule is CC(=C=CCCc1ccccc1)C(O)COCc1ccccc1. The average molecular weight is 308 g/mol. The highest BCUT2D eigenvalue weighted by Gasteiger charge is 2.05. The van der Waals surface area contributed by atoms with Crippen molar-refractivity contribution in [1.29, 1.82) is 0 Å². The van der Waals surface area contributed by atoms with Crippen LogP contribution >= 0.6 is 0 Å². The molecule has 1 N–H and O–H groups in total. The summed E-state index contributed by atoms with van der Waals surface area (Å²) in [6.07, 6.45) is 3.29. The van der Waals surface area contributed by atoms with Crippen molar-refractivity contribution in [2.45, 2.75) is 32.5 Å². The normalized spacial score (nSPS) is 11.6. The maximum atomic E-state index is 10.1. The van der Waals surface area contributed by atoms with Crippen LogP contribution in [0.3, 0.4) is 0 Å². The van der Waals surface area contributed by atoms with Crippen molar-refractivity contribution in [1.82, 2.24) is 0 Å². The quantitative estimate of drug-likeness (QED) is 0.737. The molecular formula is C21H24O2. The minimum absolute atomic E-state index is 0.292. The van der Waals surface area contributed by atoms with Crippen LogP contribution < -0.4 is 0 Å². The second kappa shape index (κ2) is 9.81. The van der Waals surface area contributed by atoms with Gasteiger partial charge in [0.05, 0.1) is 13.2 Å². The molecule has 0 aliphatic carbocycles. The number of aryl methyl sites for hydroxylation is 1. The van der Waals surface area contributed by atoms with E-state index in [-0.39, 0.29) is 0 Å². The van der Waals surface area contributed by atoms with Crippen molar-refractivity contribution in [3.05, 3.63) is 89.2 Å². The molecule has 0 aliphatic heterocycles. The Bertz CT molecular complexity index is 625. The summed E-state index contributed by atoms with van der Waals surface area (Å²) in [5.41, 5.74) is 6.40. The zero-order chi connectivity index (χ0) is 16.3. The van der Waals surface area contributed by atoms with E-state index >= 15 is 0 Å². The topological polar surface area (TPSA) is 29.5 Å². The van der Waals surface area contributed by atoms with E-state index in [0.29, 0.717) is 13.2 Å². The Morgan fingerprint density at radius 3 is 2.30 bits per heavy atom. The molecule has 0 bridgehead atoms. The third kappa shape index (κ3) is 6.66. The van der Waals surface area contributed by atoms with Crippen LogP contribution in [0.15, 0.2) is 78.0 Å². The summed E-state index contributed by atoms with van der Waals surface area (Å²) in [4.78, 5) is 0. The highest BCUT2D eigenvalue weighted by Crippen LogP contribution is 2.06. The molecule has 0 radical (unpaired) electrons. The van der Waals surface area contributed by atoms with Gasteiger partial charge < -0.3 is 9.84 Å². The van der Waals surface area contributed by atoms with Crippen LogP contribution in [0.2, 0.25) is 0 Å². The summed E-state index contributed by atoms with van der Waals surface area (Å²) < 4.78 is 5.55. The van der Waals surface area contributed by atoms with Crippen LogP contribution in [0.25, 0.3) is 0 Å². The fraction of sp³-hybridized carbons (Fsp3) is 0.286. The lowest BCUT2D eigenvalue weighted by atomic mass is 10.1. The Balaban J connectivity index is 1.72. The molecule has 23 heavy (non-hydrogen) atoms. The van der Waals surface area contributed by atoms with E-state index in [9.17, 15) is 5.11 Å². The monoisotopic (exact) mass is 308 g/mol. The fourth-order valence-electron chi connectivity index (χ4n) is 2.20. The molecule has 0 saturated carbocycles. The van der Waals surface area contributed by atoms with Gasteiger partial charge in [0.15, 0.2) is 0 Å². The van der Waals surface area contributed by atoms with E-state index in [1.807, 2.05) is 61.5 Å². The lowest BCUT2D eigenvalue weighted by molar-refractivity contribution is 0.0454. The molecule has 0 spiro atoms. The molecule has 0 aromatic heterocycles. The van der Waals surface area contributed by atoms with Gasteiger partial charge in [-0.25, -0.2) is 0 Å². The van der Waals surface area contributed by atoms with E-state index in [2.05, 4.69) is 17.9 Å². The van der Waals surface area contributed by atoms with Crippen molar-refractivity contribution in [3.63, 3.8) is 0 Å². The van der Waals surface area contributed by atoms with Gasteiger partial charge in [-0.1, -0.05) is 60.7 Å². The first kappa shape index (κ1) is 17.2. The van der Waals surface area contributed by atoms with Crippen LogP contribution in [-0.2, 0) is 17.8 Å². The van der Waals surface area contributed by atoms with Gasteiger partial charge in [0.25, 0.3) is 0 Å². The van der Waals surface area contributed by atoms with E-state index in [1.54, 1.807) is 0 Å². The van der Waals surface area contributed by atoms with Crippen LogP contribution in [-0.4, -0.2) is 17.8 Å². The number of hydrogen-bond donors (Lipinski definition) is 1. The van der Waals surface area contributed by atoms with Gasteiger partial charge in [-0.3, -0.25) is 0 Å². The molecule has 2 heteroatoms. The molecule has 0 amide bonds. The number of hydrogen-bond acceptors (Lipinski definition) is 2. The highest BCUT2D eigenvalue weighted by atomic mass is 16.5. The van der Waals surface area contributed by atoms with Crippen molar-refractivity contribution in [2.24, 2.45) is 0 Å². The Hall–Kier alpha value is -2.12. The maximum absolute atomic E-state index is 10.1. The lowest BCUT2D eigenvalue weighted by Gasteiger charge is -2.10. The Morgan fingerprint density at radius 1 is 1.04 bits per heavy atom. The third-order valence-corrected chi connectivity index (χ3v) is 3.64. The minimum Gasteiger partial charge on any atom is -0.386 e. The summed E-state index contributed by atoms with van der Waals surface area (Å²) in [7, 11) is 0. The molecule has 2 rings (SSSR count). The van der Waals surface area contributed by atoms with Crippen molar-refractivity contribution >= 4 is 0 Å². The molecule has 1 atom stereocenters. The number of aliphatic hydroxyl groups is 1. The van der Waals surface area contributed by atoms with Crippen molar-refractivity contribution in [3.8, 4) is 0 Å². The van der Waals surface area contributed by atoms with Gasteiger partial charge in [-0.15, -0.1) is 5.73 Å². The van der Waals surface area contributed by atoms with E-state index in [4.69, 9.17) is 4.74 Å². The van der Waals surface area contributed by atoms with Crippen LogP contribution in [0.5, 0.6) is 0 Å². The van der Waals surface area contributed by atoms with Crippen LogP contribution in [0, 0.1) is 0 Å². The molecule has 2 nitrogen and oxygen atoms in total. The largest absolute Gasteiger partial charge is 0.386 e. The molecule has 2 aromatic carbocycles. The standard InChI is InChI=1S/C21H24O2/c1-18(10-8-9-13-19-11-4-2-5-12-19)21(22)17-23-16-20-14-6-3-7-15-20/h2-8,11-12,14-15,21-22H,9,13,16-17H2,1H3. The van der Waals surface area contributed by atoms with Crippen LogP contribution in [0.4, 0.5) is 0 Å². The van der Waals surface area contributed by atoms with E-state index < -0.39 is 6.10 Å². The molecule has 0 heterocycles. The Labute approximate surface area is 138 Å². The summed E-state index contributed by atoms with van der Waals surface area (Å²) in [5.74, 6) is 0. The molecule has 1 unspecified atom stereocenters. The molecular weight excluding hydrogens is 284 g/mol. The molecule has 0 fully saturated rings. The predicted octanol–water partition coefficient (Wildman–Crippen LogP) is 4.30. The van der Waals surface area contributed by atoms with Crippen molar-refractivity contribution < 1.29 is 9.84 Å². The summed E-state index contributed by atoms with van der Waals surface area (Å²) >= 11 is 0. The second-order valence-electron chi connectivity index (χ2n) is 5.57. The predicted molar refractivity (Wildman–Crippen MR) is 94.1 cm³/mol. The van der Waals surface area contributed by atoms with Gasteiger partial charge >= 0.3 is 0 Å². The van der Waals surface area contributed by atoms with Gasteiger partial charge in [-0.2, -0.15) is 0 Å². The minimum atomic E-state index is -0.605. The first-order valence-corrected chi connectivity index (χ1v) is 8.01. The number of aliphatic hydroxyl groups excluding tert-OH is 1.